The molecule has 0 amide bonds. The van der Waals surface area contributed by atoms with Crippen molar-refractivity contribution in [1.82, 2.24) is 0 Å². The van der Waals surface area contributed by atoms with Crippen molar-refractivity contribution in [3.05, 3.63) is 41.5 Å². The second kappa shape index (κ2) is 4.97. The lowest BCUT2D eigenvalue weighted by Crippen LogP contribution is -2.05. The second-order valence-corrected chi connectivity index (χ2v) is 4.22. The van der Waals surface area contributed by atoms with E-state index in [4.69, 9.17) is 4.74 Å². The third kappa shape index (κ3) is 3.23. The molecule has 0 aromatic heterocycles. The molecule has 0 bridgehead atoms. The van der Waals surface area contributed by atoms with E-state index in [2.05, 4.69) is 31.2 Å². The van der Waals surface area contributed by atoms with Crippen molar-refractivity contribution in [1.29, 1.82) is 0 Å². The van der Waals surface area contributed by atoms with Crippen LogP contribution in [0, 0.1) is 12.8 Å². The Morgan fingerprint density at radius 1 is 1.38 bits per heavy atom. The predicted octanol–water partition coefficient (Wildman–Crippen LogP) is 2.96. The molecule has 0 saturated heterocycles. The molecule has 0 N–H and O–H groups in total. The molecule has 0 unspecified atom stereocenters. The highest BCUT2D eigenvalue weighted by molar-refractivity contribution is 5.75. The van der Waals surface area contributed by atoms with E-state index in [1.54, 1.807) is 0 Å². The quantitative estimate of drug-likeness (QED) is 0.723. The third-order valence-corrected chi connectivity index (χ3v) is 2.62. The van der Waals surface area contributed by atoms with Gasteiger partial charge >= 0.3 is 5.97 Å². The van der Waals surface area contributed by atoms with E-state index in [0.29, 0.717) is 6.61 Å². The fourth-order valence-electron chi connectivity index (χ4n) is 1.43. The van der Waals surface area contributed by atoms with Crippen LogP contribution in [-0.2, 0) is 9.53 Å². The first kappa shape index (κ1) is 10.9. The van der Waals surface area contributed by atoms with Crippen molar-refractivity contribution < 1.29 is 9.53 Å². The largest absolute Gasteiger partial charge is 0.461 e. The molecule has 1 aliphatic rings. The van der Waals surface area contributed by atoms with E-state index in [1.165, 1.54) is 5.56 Å². The predicted molar refractivity (Wildman–Crippen MR) is 63.9 cm³/mol. The number of esters is 1. The summed E-state index contributed by atoms with van der Waals surface area (Å²) in [5.41, 5.74) is 2.38. The van der Waals surface area contributed by atoms with Crippen LogP contribution in [0.4, 0.5) is 0 Å². The minimum atomic E-state index is -0.0476. The van der Waals surface area contributed by atoms with Crippen molar-refractivity contribution in [2.45, 2.75) is 19.8 Å². The van der Waals surface area contributed by atoms with Gasteiger partial charge in [0.2, 0.25) is 0 Å². The molecule has 1 fully saturated rings. The first-order chi connectivity index (χ1) is 7.75. The summed E-state index contributed by atoms with van der Waals surface area (Å²) in [6.45, 7) is 2.44. The third-order valence-electron chi connectivity index (χ3n) is 2.62. The molecule has 1 aromatic carbocycles. The Balaban J connectivity index is 1.76. The number of aryl methyl sites for hydroxylation is 1. The zero-order chi connectivity index (χ0) is 11.4. The summed E-state index contributed by atoms with van der Waals surface area (Å²) in [4.78, 5) is 11.2. The van der Waals surface area contributed by atoms with Gasteiger partial charge in [0.25, 0.3) is 0 Å². The SMILES string of the molecule is Cc1ccc(/C=C/COC(=O)C2CC2)cc1. The van der Waals surface area contributed by atoms with E-state index in [-0.39, 0.29) is 11.9 Å². The van der Waals surface area contributed by atoms with E-state index < -0.39 is 0 Å². The van der Waals surface area contributed by atoms with Crippen molar-refractivity contribution in [3.63, 3.8) is 0 Å². The number of carbonyl (C=O) groups excluding carboxylic acids is 1. The molecule has 0 heterocycles. The maximum absolute atomic E-state index is 11.2. The van der Waals surface area contributed by atoms with E-state index in [9.17, 15) is 4.79 Å². The topological polar surface area (TPSA) is 26.3 Å². The standard InChI is InChI=1S/C14H16O2/c1-11-4-6-12(7-5-11)3-2-10-16-14(15)13-8-9-13/h2-7,13H,8-10H2,1H3/b3-2+. The molecule has 1 saturated carbocycles. The Bertz CT molecular complexity index is 386. The molecule has 2 rings (SSSR count). The summed E-state index contributed by atoms with van der Waals surface area (Å²) in [5, 5.41) is 0. The van der Waals surface area contributed by atoms with Crippen molar-refractivity contribution in [2.24, 2.45) is 5.92 Å². The molecule has 0 radical (unpaired) electrons. The smallest absolute Gasteiger partial charge is 0.309 e. The number of carbonyl (C=O) groups is 1. The van der Waals surface area contributed by atoms with Crippen LogP contribution in [-0.4, -0.2) is 12.6 Å². The molecule has 1 aromatic rings. The van der Waals surface area contributed by atoms with Gasteiger partial charge in [-0.1, -0.05) is 35.9 Å². The normalized spacial score (nSPS) is 15.3. The van der Waals surface area contributed by atoms with Crippen LogP contribution >= 0.6 is 0 Å². The van der Waals surface area contributed by atoms with Crippen molar-refractivity contribution >= 4 is 12.0 Å². The Kier molecular flexibility index (Phi) is 3.40. The van der Waals surface area contributed by atoms with Crippen LogP contribution in [0.3, 0.4) is 0 Å². The first-order valence-electron chi connectivity index (χ1n) is 5.65. The monoisotopic (exact) mass is 216 g/mol. The van der Waals surface area contributed by atoms with Gasteiger partial charge in [-0.15, -0.1) is 0 Å². The zero-order valence-electron chi connectivity index (χ0n) is 9.48. The summed E-state index contributed by atoms with van der Waals surface area (Å²) in [5.74, 6) is 0.140. The minimum absolute atomic E-state index is 0.0476. The molecule has 2 nitrogen and oxygen atoms in total. The van der Waals surface area contributed by atoms with Crippen molar-refractivity contribution in [3.8, 4) is 0 Å². The highest BCUT2D eigenvalue weighted by atomic mass is 16.5. The Morgan fingerprint density at radius 2 is 2.06 bits per heavy atom. The lowest BCUT2D eigenvalue weighted by molar-refractivity contribution is -0.143. The van der Waals surface area contributed by atoms with Gasteiger partial charge in [-0.2, -0.15) is 0 Å². The van der Waals surface area contributed by atoms with Crippen molar-refractivity contribution in [2.75, 3.05) is 6.61 Å². The summed E-state index contributed by atoms with van der Waals surface area (Å²) < 4.78 is 5.09. The van der Waals surface area contributed by atoms with Gasteiger partial charge in [-0.3, -0.25) is 4.79 Å². The van der Waals surface area contributed by atoms with Gasteiger partial charge in [0.15, 0.2) is 0 Å². The summed E-state index contributed by atoms with van der Waals surface area (Å²) in [6, 6.07) is 8.23. The molecular formula is C14H16O2. The van der Waals surface area contributed by atoms with Gasteiger partial charge in [0.05, 0.1) is 5.92 Å². The zero-order valence-corrected chi connectivity index (χ0v) is 9.48. The Labute approximate surface area is 95.9 Å². The first-order valence-corrected chi connectivity index (χ1v) is 5.65. The highest BCUT2D eigenvalue weighted by Crippen LogP contribution is 2.29. The van der Waals surface area contributed by atoms with Gasteiger partial charge in [0.1, 0.15) is 6.61 Å². The van der Waals surface area contributed by atoms with Crippen LogP contribution in [0.2, 0.25) is 0 Å². The van der Waals surface area contributed by atoms with Gasteiger partial charge < -0.3 is 4.74 Å². The molecule has 0 atom stereocenters. The highest BCUT2D eigenvalue weighted by Gasteiger charge is 2.30. The fourth-order valence-corrected chi connectivity index (χ4v) is 1.43. The number of ether oxygens (including phenoxy) is 1. The number of benzene rings is 1. The van der Waals surface area contributed by atoms with Crippen LogP contribution < -0.4 is 0 Å². The maximum atomic E-state index is 11.2. The maximum Gasteiger partial charge on any atom is 0.309 e. The van der Waals surface area contributed by atoms with Crippen LogP contribution in [0.15, 0.2) is 30.3 Å². The molecule has 84 valence electrons. The molecule has 1 aliphatic carbocycles. The summed E-state index contributed by atoms with van der Waals surface area (Å²) in [7, 11) is 0. The van der Waals surface area contributed by atoms with Gasteiger partial charge in [0, 0.05) is 0 Å². The Morgan fingerprint density at radius 3 is 2.69 bits per heavy atom. The van der Waals surface area contributed by atoms with Crippen LogP contribution in [0.25, 0.3) is 6.08 Å². The van der Waals surface area contributed by atoms with E-state index >= 15 is 0 Å². The van der Waals surface area contributed by atoms with E-state index in [0.717, 1.165) is 18.4 Å². The van der Waals surface area contributed by atoms with Crippen LogP contribution in [0.1, 0.15) is 24.0 Å². The second-order valence-electron chi connectivity index (χ2n) is 4.22. The average Bonchev–Trinajstić information content (AvgIpc) is 3.10. The average molecular weight is 216 g/mol. The number of rotatable bonds is 4. The molecule has 0 aliphatic heterocycles. The summed E-state index contributed by atoms with van der Waals surface area (Å²) in [6.07, 6.45) is 5.85. The van der Waals surface area contributed by atoms with Crippen LogP contribution in [0.5, 0.6) is 0 Å². The van der Waals surface area contributed by atoms with Gasteiger partial charge in [-0.25, -0.2) is 0 Å². The molecule has 16 heavy (non-hydrogen) atoms. The Hall–Kier alpha value is -1.57. The van der Waals surface area contributed by atoms with E-state index in [1.807, 2.05) is 12.2 Å². The van der Waals surface area contributed by atoms with Gasteiger partial charge in [-0.05, 0) is 31.4 Å². The lowest BCUT2D eigenvalue weighted by atomic mass is 10.1. The summed E-state index contributed by atoms with van der Waals surface area (Å²) >= 11 is 0. The lowest BCUT2D eigenvalue weighted by Gasteiger charge is -1.99. The number of hydrogen-bond acceptors (Lipinski definition) is 2. The minimum Gasteiger partial charge on any atom is -0.461 e. The molecular weight excluding hydrogens is 200 g/mol. The number of hydrogen-bond donors (Lipinski definition) is 0. The fraction of sp³-hybridized carbons (Fsp3) is 0.357. The molecule has 0 spiro atoms. The molecule has 2 heteroatoms.